The number of carbonyl (C=O) groups is 4. The van der Waals surface area contributed by atoms with E-state index in [1.807, 2.05) is 55.4 Å². The zero-order valence-corrected chi connectivity index (χ0v) is 46.4. The Balaban J connectivity index is 0.000000301. The molecule has 4 N–H and O–H groups in total. The average Bonchev–Trinajstić information content (AvgIpc) is 3.82. The molecule has 10 atom stereocenters. The smallest absolute Gasteiger partial charge is 0.303 e. The molecule has 0 saturated carbocycles. The van der Waals surface area contributed by atoms with Crippen LogP contribution in [0, 0.1) is 25.5 Å². The summed E-state index contributed by atoms with van der Waals surface area (Å²) in [7, 11) is 0. The van der Waals surface area contributed by atoms with Crippen LogP contribution in [0.4, 0.5) is 8.78 Å². The molecule has 24 heteroatoms. The van der Waals surface area contributed by atoms with Crippen molar-refractivity contribution in [2.45, 2.75) is 195 Å². The molecule has 4 heterocycles. The van der Waals surface area contributed by atoms with Crippen LogP contribution >= 0.6 is 0 Å². The van der Waals surface area contributed by atoms with E-state index >= 15 is 0 Å². The van der Waals surface area contributed by atoms with Crippen molar-refractivity contribution < 1.29 is 95.8 Å². The van der Waals surface area contributed by atoms with Gasteiger partial charge >= 0.3 is 23.9 Å². The Morgan fingerprint density at radius 2 is 1.01 bits per heavy atom. The van der Waals surface area contributed by atoms with Gasteiger partial charge in [0.05, 0.1) is 18.8 Å². The summed E-state index contributed by atoms with van der Waals surface area (Å²) in [6.07, 6.45) is -13.8. The minimum absolute atomic E-state index is 0.00513. The summed E-state index contributed by atoms with van der Waals surface area (Å²) in [5.41, 5.74) is 3.99. The molecule has 2 saturated heterocycles. The largest absolute Gasteiger partial charge is 0.488 e. The number of aliphatic hydroxyl groups is 4. The first-order chi connectivity index (χ1) is 36.6. The van der Waals surface area contributed by atoms with E-state index in [0.29, 0.717) is 27.9 Å². The lowest BCUT2D eigenvalue weighted by atomic mass is 9.98. The minimum atomic E-state index is -1.57. The molecule has 0 bridgehead atoms. The topological polar surface area (TPSA) is 277 Å². The van der Waals surface area contributed by atoms with Gasteiger partial charge in [-0.2, -0.15) is 0 Å². The molecule has 0 unspecified atom stereocenters. The molecule has 2 fully saturated rings. The SMILES string of the molecule is CC(=O)OC[C@H]1O[C@@H](Oc2nn(C(C)C)c(C)c2Cc2ccc(OC(C)C)c(F)c2)[C@H](OC(C)=O)[C@@H](OC(C)=O)[C@@H]1OC(C)=O.Cc1c(Cc2ccc(OC(C)C)c(F)c2)c(O[C@@H]2O[C@H](CO)[C@@H](O)[C@H](O)[C@H]2O)nn1C(C)C. The highest BCUT2D eigenvalue weighted by Gasteiger charge is 2.54. The van der Waals surface area contributed by atoms with Crippen molar-refractivity contribution in [3.8, 4) is 23.3 Å². The standard InChI is InChI=1S/C31H41FN2O11.C23H33FN2O7/c1-15(2)34-17(5)23(12-22-10-11-25(24(32)13-22)40-16(3)4)30(33-34)45-31-29(43-21(9)38)28(42-20(8)37)27(41-19(7)36)26(44-31)14-39-18(6)35;1-11(2)26-13(5)15(8-14-6-7-17(16(24)9-14)31-12(3)4)22(25-26)33-23-21(30)20(29)19(28)18(10-27)32-23/h10-11,13,15-16,26-29,31H,12,14H2,1-9H3;6-7,9,11-12,18-21,23,27-30H,8,10H2,1-5H3/t26-,27-,28+,29-,31+;18-,19-,20+,21-,23+/m11/s1. The number of esters is 4. The maximum atomic E-state index is 14.9. The van der Waals surface area contributed by atoms with Crippen LogP contribution in [0.15, 0.2) is 36.4 Å². The van der Waals surface area contributed by atoms with Crippen LogP contribution in [0.2, 0.25) is 0 Å². The molecular weight excluding hydrogens is 1030 g/mol. The predicted molar refractivity (Wildman–Crippen MR) is 272 cm³/mol. The van der Waals surface area contributed by atoms with Crippen LogP contribution in [0.5, 0.6) is 23.3 Å². The number of nitrogens with zero attached hydrogens (tertiary/aromatic N) is 4. The molecule has 4 aromatic rings. The highest BCUT2D eigenvalue weighted by atomic mass is 19.1. The summed E-state index contributed by atoms with van der Waals surface area (Å²) in [5.74, 6) is -3.43. The molecule has 0 radical (unpaired) electrons. The van der Waals surface area contributed by atoms with Crippen molar-refractivity contribution in [2.75, 3.05) is 13.2 Å². The van der Waals surface area contributed by atoms with E-state index in [4.69, 9.17) is 47.4 Å². The van der Waals surface area contributed by atoms with Crippen molar-refractivity contribution in [1.29, 1.82) is 0 Å². The molecule has 2 aliphatic heterocycles. The van der Waals surface area contributed by atoms with Gasteiger partial charge in [0.25, 0.3) is 0 Å². The maximum Gasteiger partial charge on any atom is 0.303 e. The maximum absolute atomic E-state index is 14.9. The second-order valence-corrected chi connectivity index (χ2v) is 20.0. The Hall–Kier alpha value is -6.44. The molecule has 0 amide bonds. The number of hydrogen-bond donors (Lipinski definition) is 4. The van der Waals surface area contributed by atoms with E-state index < -0.39 is 110 Å². The monoisotopic (exact) mass is 1100 g/mol. The molecule has 2 aromatic heterocycles. The number of aromatic nitrogens is 4. The molecule has 78 heavy (non-hydrogen) atoms. The molecule has 2 aliphatic rings. The van der Waals surface area contributed by atoms with Crippen molar-refractivity contribution in [2.24, 2.45) is 0 Å². The summed E-state index contributed by atoms with van der Waals surface area (Å²) in [5, 5.41) is 48.9. The average molecular weight is 1110 g/mol. The predicted octanol–water partition coefficient (Wildman–Crippen LogP) is 5.22. The summed E-state index contributed by atoms with van der Waals surface area (Å²) < 4.78 is 89.1. The Kier molecular flexibility index (Phi) is 21.9. The summed E-state index contributed by atoms with van der Waals surface area (Å²) in [6.45, 7) is 22.2. The first kappa shape index (κ1) is 62.4. The van der Waals surface area contributed by atoms with Crippen LogP contribution in [0.1, 0.15) is 129 Å². The lowest BCUT2D eigenvalue weighted by Gasteiger charge is -2.43. The highest BCUT2D eigenvalue weighted by molar-refractivity contribution is 5.69. The summed E-state index contributed by atoms with van der Waals surface area (Å²) in [6, 6.07) is 9.25. The van der Waals surface area contributed by atoms with Gasteiger partial charge in [0.1, 0.15) is 37.1 Å². The second-order valence-electron chi connectivity index (χ2n) is 20.0. The van der Waals surface area contributed by atoms with E-state index in [1.165, 1.54) is 19.1 Å². The van der Waals surface area contributed by atoms with Crippen LogP contribution in [0.3, 0.4) is 0 Å². The minimum Gasteiger partial charge on any atom is -0.488 e. The van der Waals surface area contributed by atoms with Gasteiger partial charge in [-0.15, -0.1) is 10.2 Å². The van der Waals surface area contributed by atoms with Gasteiger partial charge in [-0.3, -0.25) is 28.5 Å². The zero-order valence-electron chi connectivity index (χ0n) is 46.4. The molecule has 6 rings (SSSR count). The third kappa shape index (κ3) is 16.1. The third-order valence-electron chi connectivity index (χ3n) is 12.2. The first-order valence-electron chi connectivity index (χ1n) is 25.6. The fourth-order valence-electron chi connectivity index (χ4n) is 8.74. The number of carbonyl (C=O) groups excluding carboxylic acids is 4. The van der Waals surface area contributed by atoms with E-state index in [9.17, 15) is 48.4 Å². The van der Waals surface area contributed by atoms with Crippen molar-refractivity contribution in [1.82, 2.24) is 19.6 Å². The molecule has 0 spiro atoms. The van der Waals surface area contributed by atoms with Crippen molar-refractivity contribution >= 4 is 23.9 Å². The van der Waals surface area contributed by atoms with E-state index in [2.05, 4.69) is 10.2 Å². The van der Waals surface area contributed by atoms with Crippen molar-refractivity contribution in [3.63, 3.8) is 0 Å². The van der Waals surface area contributed by atoms with Crippen LogP contribution in [0.25, 0.3) is 0 Å². The van der Waals surface area contributed by atoms with E-state index in [0.717, 1.165) is 26.5 Å². The first-order valence-corrected chi connectivity index (χ1v) is 25.6. The van der Waals surface area contributed by atoms with Crippen LogP contribution in [-0.2, 0) is 60.4 Å². The molecular formula is C54H74F2N4O18. The summed E-state index contributed by atoms with van der Waals surface area (Å²) in [4.78, 5) is 48.1. The molecule has 22 nitrogen and oxygen atoms in total. The molecule has 0 aliphatic carbocycles. The van der Waals surface area contributed by atoms with Gasteiger partial charge in [-0.05, 0) is 105 Å². The fourth-order valence-corrected chi connectivity index (χ4v) is 8.74. The quantitative estimate of drug-likeness (QED) is 0.0652. The van der Waals surface area contributed by atoms with E-state index in [-0.39, 0.29) is 60.4 Å². The number of hydrogen-bond acceptors (Lipinski definition) is 20. The Morgan fingerprint density at radius 3 is 1.41 bits per heavy atom. The number of ether oxygens (including phenoxy) is 10. The Morgan fingerprint density at radius 1 is 0.590 bits per heavy atom. The van der Waals surface area contributed by atoms with E-state index in [1.54, 1.807) is 47.5 Å². The van der Waals surface area contributed by atoms with Gasteiger partial charge in [0.15, 0.2) is 35.3 Å². The van der Waals surface area contributed by atoms with Crippen LogP contribution < -0.4 is 18.9 Å². The number of aliphatic hydroxyl groups excluding tert-OH is 4. The van der Waals surface area contributed by atoms with Crippen LogP contribution in [-0.4, -0.2) is 151 Å². The number of benzene rings is 2. The van der Waals surface area contributed by atoms with Gasteiger partial charge < -0.3 is 67.8 Å². The highest BCUT2D eigenvalue weighted by Crippen LogP contribution is 2.36. The normalized spacial score (nSPS) is 23.1. The third-order valence-corrected chi connectivity index (χ3v) is 12.2. The summed E-state index contributed by atoms with van der Waals surface area (Å²) >= 11 is 0. The molecule has 432 valence electrons. The Labute approximate surface area is 451 Å². The molecule has 2 aromatic carbocycles. The number of halogens is 2. The zero-order chi connectivity index (χ0) is 58.0. The Bertz CT molecular complexity index is 2690. The lowest BCUT2D eigenvalue weighted by molar-refractivity contribution is -0.289. The van der Waals surface area contributed by atoms with Gasteiger partial charge in [-0.25, -0.2) is 8.78 Å². The lowest BCUT2D eigenvalue weighted by Crippen LogP contribution is -2.63. The number of rotatable bonds is 20. The second kappa shape index (κ2) is 27.4. The fraction of sp³-hybridized carbons (Fsp3) is 0.593. The van der Waals surface area contributed by atoms with Crippen molar-refractivity contribution in [3.05, 3.63) is 81.7 Å². The van der Waals surface area contributed by atoms with Gasteiger partial charge in [0, 0.05) is 75.1 Å². The van der Waals surface area contributed by atoms with Gasteiger partial charge in [-0.1, -0.05) is 12.1 Å². The van der Waals surface area contributed by atoms with Gasteiger partial charge in [0.2, 0.25) is 30.4 Å².